The number of carbonyl (C=O) groups excluding carboxylic acids is 1. The Hall–Kier alpha value is -3.07. The Balaban J connectivity index is 1.63. The van der Waals surface area contributed by atoms with Crippen molar-refractivity contribution < 1.29 is 14.3 Å². The van der Waals surface area contributed by atoms with Crippen molar-refractivity contribution in [1.29, 1.82) is 0 Å². The highest BCUT2D eigenvalue weighted by Crippen LogP contribution is 2.39. The van der Waals surface area contributed by atoms with E-state index in [1.807, 2.05) is 98.7 Å². The number of rotatable bonds is 10. The second-order valence-electron chi connectivity index (χ2n) is 8.78. The second kappa shape index (κ2) is 12.7. The van der Waals surface area contributed by atoms with E-state index in [-0.39, 0.29) is 5.91 Å². The van der Waals surface area contributed by atoms with E-state index in [0.29, 0.717) is 40.4 Å². The van der Waals surface area contributed by atoms with Crippen LogP contribution in [0, 0.1) is 0 Å². The van der Waals surface area contributed by atoms with E-state index in [9.17, 15) is 4.79 Å². The fourth-order valence-corrected chi connectivity index (χ4v) is 5.54. The Labute approximate surface area is 242 Å². The Morgan fingerprint density at radius 1 is 1.08 bits per heavy atom. The lowest BCUT2D eigenvalue weighted by atomic mass is 10.0. The standard InChI is InChI=1S/C30H29BrN2O3S2/c1-5-7-22-16-21(17-26(35-6-2)28(22)36-19-20-8-10-23(31)11-9-20)18-27-29(34)33(30(37)38-27)25-14-12-24(13-15-25)32(3)4/h5,8-18H,1,6-7,19H2,2-4H3. The Kier molecular flexibility index (Phi) is 9.31. The normalized spacial score (nSPS) is 14.2. The summed E-state index contributed by atoms with van der Waals surface area (Å²) < 4.78 is 13.7. The monoisotopic (exact) mass is 608 g/mol. The third-order valence-corrected chi connectivity index (χ3v) is 7.66. The summed E-state index contributed by atoms with van der Waals surface area (Å²) in [5.41, 5.74) is 4.62. The molecule has 38 heavy (non-hydrogen) atoms. The van der Waals surface area contributed by atoms with Gasteiger partial charge in [0.25, 0.3) is 5.91 Å². The minimum Gasteiger partial charge on any atom is -0.490 e. The van der Waals surface area contributed by atoms with Crippen molar-refractivity contribution in [1.82, 2.24) is 0 Å². The van der Waals surface area contributed by atoms with Gasteiger partial charge >= 0.3 is 0 Å². The smallest absolute Gasteiger partial charge is 0.270 e. The molecule has 4 rings (SSSR count). The van der Waals surface area contributed by atoms with E-state index >= 15 is 0 Å². The van der Waals surface area contributed by atoms with E-state index in [1.165, 1.54) is 11.8 Å². The zero-order valence-electron chi connectivity index (χ0n) is 21.6. The number of hydrogen-bond donors (Lipinski definition) is 0. The van der Waals surface area contributed by atoms with E-state index in [0.717, 1.165) is 32.5 Å². The average Bonchev–Trinajstić information content (AvgIpc) is 3.17. The van der Waals surface area contributed by atoms with Gasteiger partial charge in [0.1, 0.15) is 6.61 Å². The van der Waals surface area contributed by atoms with Gasteiger partial charge in [0.05, 0.1) is 17.2 Å². The summed E-state index contributed by atoms with van der Waals surface area (Å²) in [6.45, 7) is 6.74. The summed E-state index contributed by atoms with van der Waals surface area (Å²) in [7, 11) is 3.96. The number of thioether (sulfide) groups is 1. The molecule has 0 N–H and O–H groups in total. The number of carbonyl (C=O) groups is 1. The van der Waals surface area contributed by atoms with Crippen molar-refractivity contribution in [3.05, 3.63) is 99.4 Å². The molecule has 0 bridgehead atoms. The fraction of sp³-hybridized carbons (Fsp3) is 0.200. The number of anilines is 2. The van der Waals surface area contributed by atoms with Crippen molar-refractivity contribution in [2.24, 2.45) is 0 Å². The number of hydrogen-bond acceptors (Lipinski definition) is 6. The lowest BCUT2D eigenvalue weighted by molar-refractivity contribution is -0.113. The molecule has 1 aliphatic heterocycles. The number of amides is 1. The van der Waals surface area contributed by atoms with Crippen molar-refractivity contribution in [2.45, 2.75) is 20.0 Å². The summed E-state index contributed by atoms with van der Waals surface area (Å²) in [6.07, 6.45) is 4.29. The van der Waals surface area contributed by atoms with E-state index in [2.05, 4.69) is 22.5 Å². The number of benzene rings is 3. The summed E-state index contributed by atoms with van der Waals surface area (Å²) in [5, 5.41) is 0. The van der Waals surface area contributed by atoms with Gasteiger partial charge < -0.3 is 14.4 Å². The van der Waals surface area contributed by atoms with Gasteiger partial charge in [-0.25, -0.2) is 0 Å². The molecule has 0 saturated carbocycles. The third kappa shape index (κ3) is 6.49. The first kappa shape index (κ1) is 28.0. The van der Waals surface area contributed by atoms with Gasteiger partial charge in [0.15, 0.2) is 15.8 Å². The first-order valence-electron chi connectivity index (χ1n) is 12.1. The van der Waals surface area contributed by atoms with Gasteiger partial charge in [0.2, 0.25) is 0 Å². The molecule has 3 aromatic carbocycles. The minimum atomic E-state index is -0.142. The highest BCUT2D eigenvalue weighted by Gasteiger charge is 2.33. The average molecular weight is 610 g/mol. The molecule has 1 amide bonds. The minimum absolute atomic E-state index is 0.142. The summed E-state index contributed by atoms with van der Waals surface area (Å²) >= 11 is 10.3. The molecule has 3 aromatic rings. The van der Waals surface area contributed by atoms with Gasteiger partial charge in [-0.1, -0.05) is 58.1 Å². The van der Waals surface area contributed by atoms with Crippen molar-refractivity contribution >= 4 is 67.6 Å². The molecule has 5 nitrogen and oxygen atoms in total. The summed E-state index contributed by atoms with van der Waals surface area (Å²) in [6, 6.07) is 19.7. The molecule has 0 spiro atoms. The van der Waals surface area contributed by atoms with Gasteiger partial charge in [-0.15, -0.1) is 6.58 Å². The Morgan fingerprint density at radius 2 is 1.79 bits per heavy atom. The number of nitrogens with zero attached hydrogens (tertiary/aromatic N) is 2. The van der Waals surface area contributed by atoms with Gasteiger partial charge in [0, 0.05) is 29.8 Å². The zero-order chi connectivity index (χ0) is 27.2. The lowest BCUT2D eigenvalue weighted by Gasteiger charge is -2.17. The first-order chi connectivity index (χ1) is 18.3. The van der Waals surface area contributed by atoms with Gasteiger partial charge in [-0.2, -0.15) is 0 Å². The van der Waals surface area contributed by atoms with Crippen molar-refractivity contribution in [3.8, 4) is 11.5 Å². The SMILES string of the molecule is C=CCc1cc(C=C2SC(=S)N(c3ccc(N(C)C)cc3)C2=O)cc(OCC)c1OCc1ccc(Br)cc1. The van der Waals surface area contributed by atoms with Crippen LogP contribution >= 0.6 is 39.9 Å². The first-order valence-corrected chi connectivity index (χ1v) is 14.2. The van der Waals surface area contributed by atoms with E-state index in [1.54, 1.807) is 4.90 Å². The maximum Gasteiger partial charge on any atom is 0.270 e. The number of ether oxygens (including phenoxy) is 2. The molecule has 1 heterocycles. The van der Waals surface area contributed by atoms with Crippen LogP contribution in [0.25, 0.3) is 6.08 Å². The number of thiocarbonyl (C=S) groups is 1. The van der Waals surface area contributed by atoms with Crippen LogP contribution in [0.2, 0.25) is 0 Å². The van der Waals surface area contributed by atoms with Crippen LogP contribution in [0.1, 0.15) is 23.6 Å². The van der Waals surface area contributed by atoms with Crippen molar-refractivity contribution in [3.63, 3.8) is 0 Å². The molecule has 0 unspecified atom stereocenters. The molecule has 0 aromatic heterocycles. The fourth-order valence-electron chi connectivity index (χ4n) is 3.98. The zero-order valence-corrected chi connectivity index (χ0v) is 24.8. The molecule has 1 saturated heterocycles. The molecule has 1 aliphatic rings. The Bertz CT molecular complexity index is 1370. The van der Waals surface area contributed by atoms with Gasteiger partial charge in [-0.3, -0.25) is 9.69 Å². The molecule has 0 atom stereocenters. The summed E-state index contributed by atoms with van der Waals surface area (Å²) in [5.74, 6) is 1.17. The molecular formula is C30H29BrN2O3S2. The topological polar surface area (TPSA) is 42.0 Å². The molecular weight excluding hydrogens is 580 g/mol. The Morgan fingerprint density at radius 3 is 2.42 bits per heavy atom. The highest BCUT2D eigenvalue weighted by atomic mass is 79.9. The van der Waals surface area contributed by atoms with Crippen molar-refractivity contribution in [2.75, 3.05) is 30.5 Å². The molecule has 196 valence electrons. The predicted octanol–water partition coefficient (Wildman–Crippen LogP) is 7.63. The predicted molar refractivity (Wildman–Crippen MR) is 166 cm³/mol. The molecule has 0 radical (unpaired) electrons. The van der Waals surface area contributed by atoms with Gasteiger partial charge in [-0.05, 0) is 79.1 Å². The third-order valence-electron chi connectivity index (χ3n) is 5.83. The quantitative estimate of drug-likeness (QED) is 0.134. The maximum absolute atomic E-state index is 13.4. The highest BCUT2D eigenvalue weighted by molar-refractivity contribution is 9.10. The molecule has 0 aliphatic carbocycles. The van der Waals surface area contributed by atoms with E-state index < -0.39 is 0 Å². The lowest BCUT2D eigenvalue weighted by Crippen LogP contribution is -2.27. The van der Waals surface area contributed by atoms with Crippen LogP contribution in [-0.4, -0.2) is 30.9 Å². The van der Waals surface area contributed by atoms with Crippen LogP contribution in [0.15, 0.2) is 82.7 Å². The van der Waals surface area contributed by atoms with E-state index in [4.69, 9.17) is 21.7 Å². The molecule has 1 fully saturated rings. The largest absolute Gasteiger partial charge is 0.490 e. The number of halogens is 1. The summed E-state index contributed by atoms with van der Waals surface area (Å²) in [4.78, 5) is 17.5. The van der Waals surface area contributed by atoms with Crippen LogP contribution in [0.3, 0.4) is 0 Å². The maximum atomic E-state index is 13.4. The van der Waals surface area contributed by atoms with Crippen LogP contribution in [0.4, 0.5) is 11.4 Å². The van der Waals surface area contributed by atoms with Crippen LogP contribution < -0.4 is 19.3 Å². The number of allylic oxidation sites excluding steroid dienone is 1. The van der Waals surface area contributed by atoms with Crippen LogP contribution in [0.5, 0.6) is 11.5 Å². The molecule has 8 heteroatoms. The second-order valence-corrected chi connectivity index (χ2v) is 11.4. The van der Waals surface area contributed by atoms with Crippen LogP contribution in [-0.2, 0) is 17.8 Å².